The van der Waals surface area contributed by atoms with Gasteiger partial charge in [-0.2, -0.15) is 0 Å². The predicted molar refractivity (Wildman–Crippen MR) is 112 cm³/mol. The van der Waals surface area contributed by atoms with E-state index in [1.807, 2.05) is 0 Å². The second-order valence-corrected chi connectivity index (χ2v) is 7.54. The quantitative estimate of drug-likeness (QED) is 0.436. The Bertz CT molecular complexity index is 1220. The van der Waals surface area contributed by atoms with Crippen LogP contribution in [0.4, 0.5) is 5.69 Å². The number of carbonyl (C=O) groups is 2. The number of nitrogens with one attached hydrogen (secondary N) is 2. The van der Waals surface area contributed by atoms with Crippen LogP contribution in [0.5, 0.6) is 0 Å². The molecule has 154 valence electrons. The Labute approximate surface area is 176 Å². The van der Waals surface area contributed by atoms with E-state index in [1.165, 1.54) is 4.57 Å². The Balaban J connectivity index is 1.79. The van der Waals surface area contributed by atoms with E-state index in [4.69, 9.17) is 11.6 Å². The highest BCUT2D eigenvalue weighted by Crippen LogP contribution is 2.26. The first kappa shape index (κ1) is 20.1. The number of hydrogen-bond donors (Lipinski definition) is 3. The highest BCUT2D eigenvalue weighted by molar-refractivity contribution is 6.30. The smallest absolute Gasteiger partial charge is 0.264 e. The molecular weight excluding hydrogens is 408 g/mol. The fourth-order valence-electron chi connectivity index (χ4n) is 3.68. The lowest BCUT2D eigenvalue weighted by Crippen LogP contribution is -2.45. The van der Waals surface area contributed by atoms with E-state index in [0.717, 1.165) is 0 Å². The molecule has 0 saturated carbocycles. The average Bonchev–Trinajstić information content (AvgIpc) is 2.69. The van der Waals surface area contributed by atoms with Crippen molar-refractivity contribution in [2.45, 2.75) is 32.0 Å². The molecule has 0 spiro atoms. The summed E-state index contributed by atoms with van der Waals surface area (Å²) in [5, 5.41) is 16.5. The van der Waals surface area contributed by atoms with Gasteiger partial charge in [-0.05, 0) is 37.6 Å². The van der Waals surface area contributed by atoms with Gasteiger partial charge in [-0.1, -0.05) is 29.8 Å². The Kier molecular flexibility index (Phi) is 5.27. The monoisotopic (exact) mass is 426 g/mol. The van der Waals surface area contributed by atoms with Crippen molar-refractivity contribution in [1.29, 1.82) is 0 Å². The number of nitrogens with zero attached hydrogens (tertiary/aromatic N) is 2. The highest BCUT2D eigenvalue weighted by Gasteiger charge is 2.30. The molecule has 1 saturated heterocycles. The number of aryl methyl sites for hydroxylation is 1. The largest absolute Gasteiger partial charge is 0.369 e. The van der Waals surface area contributed by atoms with Crippen LogP contribution in [0.2, 0.25) is 5.02 Å². The number of fused-ring (bicyclic) bond motifs is 1. The number of aliphatic hydroxyl groups excluding tert-OH is 1. The van der Waals surface area contributed by atoms with Crippen molar-refractivity contribution in [3.05, 3.63) is 69.2 Å². The van der Waals surface area contributed by atoms with E-state index in [-0.39, 0.29) is 24.1 Å². The first-order chi connectivity index (χ1) is 14.3. The summed E-state index contributed by atoms with van der Waals surface area (Å²) in [7, 11) is 0. The maximum absolute atomic E-state index is 13.4. The van der Waals surface area contributed by atoms with E-state index in [0.29, 0.717) is 27.6 Å². The van der Waals surface area contributed by atoms with Crippen LogP contribution in [-0.2, 0) is 9.59 Å². The number of anilines is 1. The number of hydrogen-bond acceptors (Lipinski definition) is 6. The van der Waals surface area contributed by atoms with Gasteiger partial charge in [-0.3, -0.25) is 24.3 Å². The van der Waals surface area contributed by atoms with Gasteiger partial charge in [0.15, 0.2) is 6.23 Å². The molecule has 0 bridgehead atoms. The molecule has 3 N–H and O–H groups in total. The number of carbonyl (C=O) groups excluding carboxylic acids is 2. The van der Waals surface area contributed by atoms with Crippen molar-refractivity contribution in [3.8, 4) is 0 Å². The van der Waals surface area contributed by atoms with Gasteiger partial charge < -0.3 is 10.4 Å². The minimum atomic E-state index is -1.11. The lowest BCUT2D eigenvalue weighted by atomic mass is 10.0. The van der Waals surface area contributed by atoms with Gasteiger partial charge in [0.05, 0.1) is 16.6 Å². The van der Waals surface area contributed by atoms with E-state index < -0.39 is 23.7 Å². The molecule has 4 rings (SSSR count). The lowest BCUT2D eigenvalue weighted by molar-refractivity contribution is -0.135. The number of aliphatic hydroxyl groups is 1. The number of aromatic nitrogens is 2. The molecule has 9 heteroatoms. The maximum Gasteiger partial charge on any atom is 0.264 e. The molecule has 8 nitrogen and oxygen atoms in total. The van der Waals surface area contributed by atoms with Gasteiger partial charge in [0.2, 0.25) is 11.8 Å². The normalized spacial score (nSPS) is 17.6. The molecule has 2 atom stereocenters. The number of rotatable bonds is 4. The van der Waals surface area contributed by atoms with Crippen molar-refractivity contribution in [2.24, 2.45) is 0 Å². The van der Waals surface area contributed by atoms with Gasteiger partial charge in [-0.15, -0.1) is 0 Å². The van der Waals surface area contributed by atoms with E-state index in [2.05, 4.69) is 15.6 Å². The average molecular weight is 427 g/mol. The summed E-state index contributed by atoms with van der Waals surface area (Å²) in [5.41, 5.74) is 0.918. The first-order valence-corrected chi connectivity index (χ1v) is 9.78. The fourth-order valence-corrected chi connectivity index (χ4v) is 3.88. The van der Waals surface area contributed by atoms with Crippen LogP contribution in [0.25, 0.3) is 10.9 Å². The molecule has 2 heterocycles. The molecule has 1 fully saturated rings. The summed E-state index contributed by atoms with van der Waals surface area (Å²) >= 11 is 6.00. The molecule has 30 heavy (non-hydrogen) atoms. The number of amides is 2. The van der Waals surface area contributed by atoms with Crippen LogP contribution < -0.4 is 16.2 Å². The van der Waals surface area contributed by atoms with Gasteiger partial charge in [0.25, 0.3) is 5.56 Å². The van der Waals surface area contributed by atoms with Crippen LogP contribution >= 0.6 is 11.6 Å². The second kappa shape index (κ2) is 7.89. The minimum absolute atomic E-state index is 0.147. The highest BCUT2D eigenvalue weighted by atomic mass is 35.5. The molecule has 0 radical (unpaired) electrons. The van der Waals surface area contributed by atoms with Crippen LogP contribution in [-0.4, -0.2) is 26.5 Å². The number of halogens is 1. The SMILES string of the molecule is Cc1nc2cccc(NC(O)c3cccc(Cl)c3)c2c(=O)n1C1CCC(=O)NC1=O. The molecular formula is C21H19ClN4O4. The van der Waals surface area contributed by atoms with Gasteiger partial charge in [0, 0.05) is 17.0 Å². The zero-order valence-corrected chi connectivity index (χ0v) is 16.8. The Hall–Kier alpha value is -3.23. The zero-order valence-electron chi connectivity index (χ0n) is 16.1. The van der Waals surface area contributed by atoms with Gasteiger partial charge in [-0.25, -0.2) is 4.98 Å². The summed E-state index contributed by atoms with van der Waals surface area (Å²) in [4.78, 5) is 41.7. The van der Waals surface area contributed by atoms with Crippen LogP contribution in [0.15, 0.2) is 47.3 Å². The predicted octanol–water partition coefficient (Wildman–Crippen LogP) is 2.44. The fraction of sp³-hybridized carbons (Fsp3) is 0.238. The van der Waals surface area contributed by atoms with Crippen molar-refractivity contribution in [1.82, 2.24) is 14.9 Å². The third-order valence-corrected chi connectivity index (χ3v) is 5.32. The van der Waals surface area contributed by atoms with Gasteiger partial charge in [0.1, 0.15) is 11.9 Å². The van der Waals surface area contributed by atoms with Crippen LogP contribution in [0, 0.1) is 6.92 Å². The third kappa shape index (κ3) is 3.67. The van der Waals surface area contributed by atoms with Crippen molar-refractivity contribution in [2.75, 3.05) is 5.32 Å². The molecule has 1 aliphatic heterocycles. The second-order valence-electron chi connectivity index (χ2n) is 7.10. The van der Waals surface area contributed by atoms with Crippen LogP contribution in [0.3, 0.4) is 0 Å². The first-order valence-electron chi connectivity index (χ1n) is 9.41. The summed E-state index contributed by atoms with van der Waals surface area (Å²) in [6.45, 7) is 1.64. The molecule has 2 unspecified atom stereocenters. The zero-order chi connectivity index (χ0) is 21.4. The lowest BCUT2D eigenvalue weighted by Gasteiger charge is -2.25. The standard InChI is InChI=1S/C21H19ClN4O4/c1-11-23-14-6-3-7-15(24-19(28)12-4-2-5-13(22)10-12)18(14)21(30)26(11)16-8-9-17(27)25-20(16)29/h2-7,10,16,19,24,28H,8-9H2,1H3,(H,25,27,29). The van der Waals surface area contributed by atoms with Crippen molar-refractivity contribution < 1.29 is 14.7 Å². The van der Waals surface area contributed by atoms with E-state index >= 15 is 0 Å². The minimum Gasteiger partial charge on any atom is -0.369 e. The van der Waals surface area contributed by atoms with Crippen molar-refractivity contribution >= 4 is 40.0 Å². The Morgan fingerprint density at radius 2 is 2.00 bits per heavy atom. The molecule has 2 amide bonds. The summed E-state index contributed by atoms with van der Waals surface area (Å²) in [6, 6.07) is 11.0. The van der Waals surface area contributed by atoms with Crippen LogP contribution in [0.1, 0.15) is 36.5 Å². The van der Waals surface area contributed by atoms with Crippen molar-refractivity contribution in [3.63, 3.8) is 0 Å². The Morgan fingerprint density at radius 3 is 2.73 bits per heavy atom. The molecule has 3 aromatic rings. The Morgan fingerprint density at radius 1 is 1.23 bits per heavy atom. The molecule has 1 aliphatic rings. The maximum atomic E-state index is 13.4. The third-order valence-electron chi connectivity index (χ3n) is 5.08. The summed E-state index contributed by atoms with van der Waals surface area (Å²) in [6.07, 6.45) is -0.744. The molecule has 0 aliphatic carbocycles. The van der Waals surface area contributed by atoms with Gasteiger partial charge >= 0.3 is 0 Å². The summed E-state index contributed by atoms with van der Waals surface area (Å²) in [5.74, 6) is -0.515. The number of imide groups is 1. The number of benzene rings is 2. The van der Waals surface area contributed by atoms with E-state index in [1.54, 1.807) is 49.4 Å². The topological polar surface area (TPSA) is 113 Å². The summed E-state index contributed by atoms with van der Waals surface area (Å²) < 4.78 is 1.31. The van der Waals surface area contributed by atoms with E-state index in [9.17, 15) is 19.5 Å². The molecule has 1 aromatic heterocycles. The number of piperidine rings is 1. The molecule has 2 aromatic carbocycles.